The lowest BCUT2D eigenvalue weighted by atomic mass is 9.66. The second-order valence-corrected chi connectivity index (χ2v) is 5.19. The zero-order chi connectivity index (χ0) is 14.1. The van der Waals surface area contributed by atoms with E-state index < -0.39 is 5.97 Å². The number of aliphatic carboxylic acids is 1. The monoisotopic (exact) mass is 271 g/mol. The van der Waals surface area contributed by atoms with Crippen LogP contribution < -0.4 is 5.32 Å². The van der Waals surface area contributed by atoms with Crippen LogP contribution in [-0.2, 0) is 14.3 Å². The van der Waals surface area contributed by atoms with Gasteiger partial charge < -0.3 is 15.2 Å². The Balaban J connectivity index is 2.20. The van der Waals surface area contributed by atoms with Crippen molar-refractivity contribution >= 4 is 11.9 Å². The van der Waals surface area contributed by atoms with Gasteiger partial charge in [0, 0.05) is 26.2 Å². The van der Waals surface area contributed by atoms with E-state index in [0.717, 1.165) is 32.1 Å². The van der Waals surface area contributed by atoms with Gasteiger partial charge in [0.2, 0.25) is 5.91 Å². The molecule has 0 bridgehead atoms. The number of carboxylic acid groups (broad SMARTS) is 1. The highest BCUT2D eigenvalue weighted by Gasteiger charge is 2.43. The zero-order valence-corrected chi connectivity index (χ0v) is 11.7. The maximum atomic E-state index is 12.2. The van der Waals surface area contributed by atoms with Crippen molar-refractivity contribution in [2.45, 2.75) is 51.9 Å². The number of carboxylic acids is 1. The largest absolute Gasteiger partial charge is 0.481 e. The first-order chi connectivity index (χ1) is 9.10. The summed E-state index contributed by atoms with van der Waals surface area (Å²) in [5.41, 5.74) is -0.220. The van der Waals surface area contributed by atoms with E-state index in [2.05, 4.69) is 5.32 Å². The molecule has 1 fully saturated rings. The molecule has 0 aromatic heterocycles. The minimum absolute atomic E-state index is 0.119. The summed E-state index contributed by atoms with van der Waals surface area (Å²) < 4.78 is 5.34. The van der Waals surface area contributed by atoms with E-state index in [4.69, 9.17) is 9.84 Å². The van der Waals surface area contributed by atoms with Crippen LogP contribution in [0.25, 0.3) is 0 Å². The van der Waals surface area contributed by atoms with E-state index in [-0.39, 0.29) is 17.7 Å². The highest BCUT2D eigenvalue weighted by molar-refractivity contribution is 5.83. The highest BCUT2D eigenvalue weighted by atomic mass is 16.5. The summed E-state index contributed by atoms with van der Waals surface area (Å²) in [7, 11) is 0. The maximum absolute atomic E-state index is 12.2. The topological polar surface area (TPSA) is 75.6 Å². The van der Waals surface area contributed by atoms with Crippen LogP contribution in [0.5, 0.6) is 0 Å². The van der Waals surface area contributed by atoms with Gasteiger partial charge in [-0.05, 0) is 39.0 Å². The van der Waals surface area contributed by atoms with Crippen molar-refractivity contribution in [1.29, 1.82) is 0 Å². The number of unbranched alkanes of at least 4 members (excludes halogenated alkanes) is 1. The molecular formula is C14H25NO4. The maximum Gasteiger partial charge on any atom is 0.303 e. The molecular weight excluding hydrogens is 246 g/mol. The van der Waals surface area contributed by atoms with Gasteiger partial charge in [-0.3, -0.25) is 9.59 Å². The molecule has 2 N–H and O–H groups in total. The lowest BCUT2D eigenvalue weighted by molar-refractivity contribution is -0.137. The Morgan fingerprint density at radius 1 is 1.32 bits per heavy atom. The van der Waals surface area contributed by atoms with Crippen molar-refractivity contribution in [2.75, 3.05) is 19.8 Å². The number of carbonyl (C=O) groups is 2. The van der Waals surface area contributed by atoms with E-state index in [1.807, 2.05) is 6.92 Å². The fourth-order valence-electron chi connectivity index (χ4n) is 2.40. The summed E-state index contributed by atoms with van der Waals surface area (Å²) in [6.45, 7) is 3.86. The molecule has 0 atom stereocenters. The van der Waals surface area contributed by atoms with E-state index in [9.17, 15) is 9.59 Å². The Bertz CT molecular complexity index is 300. The fourth-order valence-corrected chi connectivity index (χ4v) is 2.40. The Morgan fingerprint density at radius 3 is 2.58 bits per heavy atom. The van der Waals surface area contributed by atoms with E-state index in [1.165, 1.54) is 0 Å². The van der Waals surface area contributed by atoms with Crippen molar-refractivity contribution in [2.24, 2.45) is 5.41 Å². The molecule has 0 aromatic rings. The number of nitrogens with one attached hydrogen (secondary N) is 1. The second kappa shape index (κ2) is 8.15. The standard InChI is InChI=1S/C14H25NO4/c1-2-19-11-9-14(7-5-8-14)13(18)15-10-4-3-6-12(16)17/h2-11H2,1H3,(H,15,18)(H,16,17). The molecule has 0 aliphatic heterocycles. The van der Waals surface area contributed by atoms with Gasteiger partial charge in [0.1, 0.15) is 0 Å². The summed E-state index contributed by atoms with van der Waals surface area (Å²) >= 11 is 0. The van der Waals surface area contributed by atoms with Crippen LogP contribution in [0.4, 0.5) is 0 Å². The Labute approximate surface area is 114 Å². The van der Waals surface area contributed by atoms with Gasteiger partial charge in [0.25, 0.3) is 0 Å². The van der Waals surface area contributed by atoms with Crippen LogP contribution in [-0.4, -0.2) is 36.7 Å². The third-order valence-electron chi connectivity index (χ3n) is 3.82. The van der Waals surface area contributed by atoms with Gasteiger partial charge >= 0.3 is 5.97 Å². The van der Waals surface area contributed by atoms with Crippen LogP contribution in [0.15, 0.2) is 0 Å². The van der Waals surface area contributed by atoms with Crippen LogP contribution in [0.2, 0.25) is 0 Å². The van der Waals surface area contributed by atoms with Crippen molar-refractivity contribution in [1.82, 2.24) is 5.32 Å². The molecule has 0 heterocycles. The first-order valence-electron chi connectivity index (χ1n) is 7.18. The van der Waals surface area contributed by atoms with Crippen molar-refractivity contribution in [3.8, 4) is 0 Å². The molecule has 0 spiro atoms. The normalized spacial score (nSPS) is 16.7. The molecule has 110 valence electrons. The Morgan fingerprint density at radius 2 is 2.05 bits per heavy atom. The van der Waals surface area contributed by atoms with Gasteiger partial charge in [-0.1, -0.05) is 6.42 Å². The molecule has 5 nitrogen and oxygen atoms in total. The molecule has 19 heavy (non-hydrogen) atoms. The van der Waals surface area contributed by atoms with Crippen molar-refractivity contribution in [3.63, 3.8) is 0 Å². The highest BCUT2D eigenvalue weighted by Crippen LogP contribution is 2.44. The number of ether oxygens (including phenoxy) is 1. The molecule has 5 heteroatoms. The van der Waals surface area contributed by atoms with Gasteiger partial charge in [-0.2, -0.15) is 0 Å². The lowest BCUT2D eigenvalue weighted by Crippen LogP contribution is -2.46. The van der Waals surface area contributed by atoms with Crippen LogP contribution in [0.3, 0.4) is 0 Å². The minimum Gasteiger partial charge on any atom is -0.481 e. The quantitative estimate of drug-likeness (QED) is 0.595. The summed E-state index contributed by atoms with van der Waals surface area (Å²) in [5.74, 6) is -0.660. The average Bonchev–Trinajstić information content (AvgIpc) is 2.31. The average molecular weight is 271 g/mol. The Hall–Kier alpha value is -1.10. The lowest BCUT2D eigenvalue weighted by Gasteiger charge is -2.40. The molecule has 0 unspecified atom stereocenters. The van der Waals surface area contributed by atoms with Gasteiger partial charge in [0.05, 0.1) is 5.41 Å². The van der Waals surface area contributed by atoms with Crippen LogP contribution in [0.1, 0.15) is 51.9 Å². The first kappa shape index (κ1) is 16.0. The van der Waals surface area contributed by atoms with E-state index in [0.29, 0.717) is 26.2 Å². The number of hydrogen-bond acceptors (Lipinski definition) is 3. The second-order valence-electron chi connectivity index (χ2n) is 5.19. The molecule has 1 rings (SSSR count). The van der Waals surface area contributed by atoms with Gasteiger partial charge in [0.15, 0.2) is 0 Å². The molecule has 0 aromatic carbocycles. The smallest absolute Gasteiger partial charge is 0.303 e. The number of rotatable bonds is 10. The summed E-state index contributed by atoms with van der Waals surface area (Å²) in [5, 5.41) is 11.5. The third-order valence-corrected chi connectivity index (χ3v) is 3.82. The number of amides is 1. The summed E-state index contributed by atoms with van der Waals surface area (Å²) in [4.78, 5) is 22.5. The van der Waals surface area contributed by atoms with E-state index in [1.54, 1.807) is 0 Å². The SMILES string of the molecule is CCOCCC1(C(=O)NCCCCC(=O)O)CCC1. The predicted molar refractivity (Wildman–Crippen MR) is 71.9 cm³/mol. The first-order valence-corrected chi connectivity index (χ1v) is 7.18. The molecule has 1 amide bonds. The van der Waals surface area contributed by atoms with Gasteiger partial charge in [-0.25, -0.2) is 0 Å². The predicted octanol–water partition coefficient (Wildman–Crippen LogP) is 1.95. The fraction of sp³-hybridized carbons (Fsp3) is 0.857. The molecule has 0 saturated heterocycles. The van der Waals surface area contributed by atoms with Crippen molar-refractivity contribution in [3.05, 3.63) is 0 Å². The number of carbonyl (C=O) groups excluding carboxylic acids is 1. The summed E-state index contributed by atoms with van der Waals surface area (Å²) in [6.07, 6.45) is 5.30. The number of hydrogen-bond donors (Lipinski definition) is 2. The third kappa shape index (κ3) is 5.19. The van der Waals surface area contributed by atoms with Crippen LogP contribution >= 0.6 is 0 Å². The molecule has 0 radical (unpaired) electrons. The van der Waals surface area contributed by atoms with Gasteiger partial charge in [-0.15, -0.1) is 0 Å². The zero-order valence-electron chi connectivity index (χ0n) is 11.7. The Kier molecular flexibility index (Phi) is 6.84. The molecule has 1 aliphatic rings. The minimum atomic E-state index is -0.779. The van der Waals surface area contributed by atoms with Crippen molar-refractivity contribution < 1.29 is 19.4 Å². The van der Waals surface area contributed by atoms with Crippen LogP contribution in [0, 0.1) is 5.41 Å². The van der Waals surface area contributed by atoms with E-state index >= 15 is 0 Å². The molecule has 1 saturated carbocycles. The summed E-state index contributed by atoms with van der Waals surface area (Å²) in [6, 6.07) is 0. The molecule has 1 aliphatic carbocycles.